The Morgan fingerprint density at radius 1 is 1.50 bits per heavy atom. The predicted octanol–water partition coefficient (Wildman–Crippen LogP) is 2.61. The van der Waals surface area contributed by atoms with Crippen molar-refractivity contribution < 1.29 is 0 Å². The molecule has 0 N–H and O–H groups in total. The van der Waals surface area contributed by atoms with Crippen LogP contribution >= 0.6 is 0 Å². The van der Waals surface area contributed by atoms with E-state index < -0.39 is 0 Å². The van der Waals surface area contributed by atoms with Gasteiger partial charge < -0.3 is 0 Å². The third kappa shape index (κ3) is 0.936. The van der Waals surface area contributed by atoms with Gasteiger partial charge in [-0.2, -0.15) is 0 Å². The molecular formula is C8H14. The summed E-state index contributed by atoms with van der Waals surface area (Å²) in [5.74, 6) is 1.74. The Morgan fingerprint density at radius 3 is 2.50 bits per heavy atom. The van der Waals surface area contributed by atoms with Crippen LogP contribution in [0.5, 0.6) is 0 Å². The summed E-state index contributed by atoms with van der Waals surface area (Å²) < 4.78 is 0. The largest absolute Gasteiger partial charge is 0.103 e. The van der Waals surface area contributed by atoms with Crippen LogP contribution in [0, 0.1) is 11.8 Å². The smallest absolute Gasteiger partial charge is 0.0210 e. The molecule has 0 spiro atoms. The fourth-order valence-electron chi connectivity index (χ4n) is 1.52. The van der Waals surface area contributed by atoms with E-state index >= 15 is 0 Å². The van der Waals surface area contributed by atoms with Gasteiger partial charge in [-0.3, -0.25) is 0 Å². The molecule has 1 aliphatic carbocycles. The minimum Gasteiger partial charge on any atom is -0.103 e. The molecule has 8 heavy (non-hydrogen) atoms. The van der Waals surface area contributed by atoms with Crippen LogP contribution in [0.4, 0.5) is 0 Å². The Hall–Kier alpha value is -0.260. The minimum absolute atomic E-state index is 0.829. The zero-order valence-electron chi connectivity index (χ0n) is 5.56. The van der Waals surface area contributed by atoms with E-state index in [1.54, 1.807) is 0 Å². The zero-order chi connectivity index (χ0) is 5.98. The lowest BCUT2D eigenvalue weighted by molar-refractivity contribution is 0.504. The van der Waals surface area contributed by atoms with Crippen molar-refractivity contribution in [2.75, 3.05) is 0 Å². The number of rotatable bonds is 1. The summed E-state index contributed by atoms with van der Waals surface area (Å²) in [6, 6.07) is 0. The molecule has 0 radical (unpaired) electrons. The Bertz CT molecular complexity index is 84.0. The van der Waals surface area contributed by atoms with Gasteiger partial charge in [-0.15, -0.1) is 6.58 Å². The third-order valence-corrected chi connectivity index (χ3v) is 2.23. The lowest BCUT2D eigenvalue weighted by Crippen LogP contribution is -1.97. The van der Waals surface area contributed by atoms with Gasteiger partial charge in [0.15, 0.2) is 0 Å². The van der Waals surface area contributed by atoms with Gasteiger partial charge in [0.1, 0.15) is 0 Å². The minimum atomic E-state index is 0.829. The lowest BCUT2D eigenvalue weighted by Gasteiger charge is -2.06. The van der Waals surface area contributed by atoms with Crippen molar-refractivity contribution >= 4 is 0 Å². The number of allylic oxidation sites excluding steroid dienone is 1. The summed E-state index contributed by atoms with van der Waals surface area (Å²) in [4.78, 5) is 0. The van der Waals surface area contributed by atoms with Gasteiger partial charge in [0.2, 0.25) is 0 Å². The Morgan fingerprint density at radius 2 is 2.25 bits per heavy atom. The van der Waals surface area contributed by atoms with Crippen LogP contribution in [-0.2, 0) is 0 Å². The quantitative estimate of drug-likeness (QED) is 0.455. The number of hydrogen-bond acceptors (Lipinski definition) is 0. The van der Waals surface area contributed by atoms with Crippen molar-refractivity contribution in [3.8, 4) is 0 Å². The van der Waals surface area contributed by atoms with E-state index in [9.17, 15) is 0 Å². The molecule has 1 aliphatic rings. The molecule has 0 saturated heterocycles. The molecule has 0 aromatic carbocycles. The van der Waals surface area contributed by atoms with Crippen LogP contribution in [0.25, 0.3) is 0 Å². The van der Waals surface area contributed by atoms with Crippen molar-refractivity contribution in [3.63, 3.8) is 0 Å². The van der Waals surface area contributed by atoms with Gasteiger partial charge in [0.25, 0.3) is 0 Å². The molecule has 2 atom stereocenters. The van der Waals surface area contributed by atoms with Crippen molar-refractivity contribution in [2.45, 2.75) is 26.2 Å². The topological polar surface area (TPSA) is 0 Å². The second-order valence-electron chi connectivity index (χ2n) is 2.81. The summed E-state index contributed by atoms with van der Waals surface area (Å²) in [7, 11) is 0. The molecular weight excluding hydrogens is 96.1 g/mol. The summed E-state index contributed by atoms with van der Waals surface area (Å²) in [5.41, 5.74) is 0. The van der Waals surface area contributed by atoms with Gasteiger partial charge in [0.05, 0.1) is 0 Å². The highest BCUT2D eigenvalue weighted by atomic mass is 14.2. The highest BCUT2D eigenvalue weighted by molar-refractivity contribution is 4.86. The van der Waals surface area contributed by atoms with Crippen molar-refractivity contribution in [1.29, 1.82) is 0 Å². The average Bonchev–Trinajstić information content (AvgIpc) is 2.14. The lowest BCUT2D eigenvalue weighted by atomic mass is 9.99. The molecule has 1 rings (SSSR count). The van der Waals surface area contributed by atoms with Gasteiger partial charge in [0, 0.05) is 0 Å². The molecule has 1 fully saturated rings. The second-order valence-corrected chi connectivity index (χ2v) is 2.81. The second kappa shape index (κ2) is 2.34. The molecule has 46 valence electrons. The third-order valence-electron chi connectivity index (χ3n) is 2.23. The average molecular weight is 110 g/mol. The van der Waals surface area contributed by atoms with E-state index in [1.165, 1.54) is 19.3 Å². The standard InChI is InChI=1S/C8H14/c1-3-8-6-4-5-7(8)2/h3,7-8H,1,4-6H2,2H3/t7-,8-/m1/s1. The van der Waals surface area contributed by atoms with Crippen LogP contribution < -0.4 is 0 Å². The van der Waals surface area contributed by atoms with Gasteiger partial charge in [-0.25, -0.2) is 0 Å². The van der Waals surface area contributed by atoms with Crippen molar-refractivity contribution in [3.05, 3.63) is 12.7 Å². The first-order valence-corrected chi connectivity index (χ1v) is 3.47. The first kappa shape index (κ1) is 5.87. The SMILES string of the molecule is C=C[C@@H]1CCC[C@H]1C. The molecule has 0 aromatic rings. The van der Waals surface area contributed by atoms with E-state index in [-0.39, 0.29) is 0 Å². The predicted molar refractivity (Wildman–Crippen MR) is 36.7 cm³/mol. The fourth-order valence-corrected chi connectivity index (χ4v) is 1.52. The van der Waals surface area contributed by atoms with Crippen LogP contribution in [0.1, 0.15) is 26.2 Å². The highest BCUT2D eigenvalue weighted by Gasteiger charge is 2.19. The molecule has 0 nitrogen and oxygen atoms in total. The summed E-state index contributed by atoms with van der Waals surface area (Å²) >= 11 is 0. The maximum absolute atomic E-state index is 3.79. The molecule has 0 aliphatic heterocycles. The Labute approximate surface area is 51.6 Å². The van der Waals surface area contributed by atoms with Gasteiger partial charge >= 0.3 is 0 Å². The fraction of sp³-hybridized carbons (Fsp3) is 0.750. The molecule has 0 amide bonds. The first-order valence-electron chi connectivity index (χ1n) is 3.47. The monoisotopic (exact) mass is 110 g/mol. The van der Waals surface area contributed by atoms with E-state index in [0.717, 1.165) is 11.8 Å². The maximum Gasteiger partial charge on any atom is -0.0210 e. The normalized spacial score (nSPS) is 37.6. The first-order chi connectivity index (χ1) is 3.84. The van der Waals surface area contributed by atoms with Crippen LogP contribution in [0.3, 0.4) is 0 Å². The molecule has 0 heterocycles. The molecule has 0 aromatic heterocycles. The van der Waals surface area contributed by atoms with E-state index in [1.807, 2.05) is 0 Å². The van der Waals surface area contributed by atoms with Crippen LogP contribution in [-0.4, -0.2) is 0 Å². The molecule has 0 bridgehead atoms. The molecule has 1 saturated carbocycles. The summed E-state index contributed by atoms with van der Waals surface area (Å²) in [6.45, 7) is 6.11. The van der Waals surface area contributed by atoms with Crippen LogP contribution in [0.15, 0.2) is 12.7 Å². The maximum atomic E-state index is 3.79. The molecule has 0 heteroatoms. The van der Waals surface area contributed by atoms with Gasteiger partial charge in [-0.1, -0.05) is 25.8 Å². The summed E-state index contributed by atoms with van der Waals surface area (Å²) in [5, 5.41) is 0. The van der Waals surface area contributed by atoms with Crippen molar-refractivity contribution in [2.24, 2.45) is 11.8 Å². The Kier molecular flexibility index (Phi) is 1.72. The Balaban J connectivity index is 2.41. The highest BCUT2D eigenvalue weighted by Crippen LogP contribution is 2.31. The van der Waals surface area contributed by atoms with E-state index in [2.05, 4.69) is 19.6 Å². The van der Waals surface area contributed by atoms with Crippen molar-refractivity contribution in [1.82, 2.24) is 0 Å². The molecule has 0 unspecified atom stereocenters. The van der Waals surface area contributed by atoms with Gasteiger partial charge in [-0.05, 0) is 18.3 Å². The number of hydrogen-bond donors (Lipinski definition) is 0. The zero-order valence-corrected chi connectivity index (χ0v) is 5.56. The summed E-state index contributed by atoms with van der Waals surface area (Å²) in [6.07, 6.45) is 6.32. The van der Waals surface area contributed by atoms with Crippen LogP contribution in [0.2, 0.25) is 0 Å². The van der Waals surface area contributed by atoms with E-state index in [0.29, 0.717) is 0 Å². The van der Waals surface area contributed by atoms with E-state index in [4.69, 9.17) is 0 Å².